The van der Waals surface area contributed by atoms with Gasteiger partial charge in [-0.25, -0.2) is 0 Å². The van der Waals surface area contributed by atoms with Gasteiger partial charge in [0, 0.05) is 0 Å². The zero-order chi connectivity index (χ0) is 14.6. The molecule has 0 saturated heterocycles. The molecule has 0 heterocycles. The molecule has 0 fully saturated rings. The van der Waals surface area contributed by atoms with Crippen LogP contribution in [0.25, 0.3) is 0 Å². The second kappa shape index (κ2) is 5.89. The first-order valence-corrected chi connectivity index (χ1v) is 5.19. The summed E-state index contributed by atoms with van der Waals surface area (Å²) in [6, 6.07) is 4.28. The zero-order valence-electron chi connectivity index (χ0n) is 9.59. The van der Waals surface area contributed by atoms with Gasteiger partial charge in [-0.2, -0.15) is 0 Å². The molecule has 1 amide bonds. The molecule has 1 rings (SSSR count). The number of hydrogen-bond acceptors (Lipinski definition) is 4. The highest BCUT2D eigenvalue weighted by Crippen LogP contribution is 2.25. The van der Waals surface area contributed by atoms with Gasteiger partial charge in [-0.15, -0.1) is 13.2 Å². The number of alkyl halides is 3. The Morgan fingerprint density at radius 3 is 2.21 bits per heavy atom. The maximum atomic E-state index is 11.9. The maximum absolute atomic E-state index is 11.9. The largest absolute Gasteiger partial charge is 0.573 e. The molecule has 5 nitrogen and oxygen atoms in total. The van der Waals surface area contributed by atoms with Crippen molar-refractivity contribution in [2.45, 2.75) is 25.0 Å². The lowest BCUT2D eigenvalue weighted by molar-refractivity contribution is -0.274. The lowest BCUT2D eigenvalue weighted by Gasteiger charge is -2.17. The van der Waals surface area contributed by atoms with E-state index in [4.69, 9.17) is 5.73 Å². The fourth-order valence-electron chi connectivity index (χ4n) is 1.41. The van der Waals surface area contributed by atoms with Gasteiger partial charge in [-0.1, -0.05) is 12.1 Å². The summed E-state index contributed by atoms with van der Waals surface area (Å²) >= 11 is 0. The van der Waals surface area contributed by atoms with Crippen LogP contribution in [0.2, 0.25) is 0 Å². The van der Waals surface area contributed by atoms with Crippen molar-refractivity contribution in [2.24, 2.45) is 5.73 Å². The maximum Gasteiger partial charge on any atom is 0.573 e. The van der Waals surface area contributed by atoms with Crippen LogP contribution >= 0.6 is 0 Å². The molecule has 0 bridgehead atoms. The van der Waals surface area contributed by atoms with E-state index in [0.29, 0.717) is 0 Å². The van der Waals surface area contributed by atoms with Crippen LogP contribution in [-0.2, 0) is 4.79 Å². The first kappa shape index (κ1) is 15.3. The lowest BCUT2D eigenvalue weighted by Crippen LogP contribution is -2.25. The van der Waals surface area contributed by atoms with Gasteiger partial charge in [0.25, 0.3) is 0 Å². The fourth-order valence-corrected chi connectivity index (χ4v) is 1.41. The average Bonchev–Trinajstić information content (AvgIpc) is 2.26. The number of benzene rings is 1. The molecule has 0 saturated carbocycles. The van der Waals surface area contributed by atoms with E-state index in [0.717, 1.165) is 24.3 Å². The van der Waals surface area contributed by atoms with Crippen LogP contribution in [0.5, 0.6) is 5.75 Å². The SMILES string of the molecule is NC(=O)CC(O)C(O)c1ccc(OC(F)(F)F)cc1. The van der Waals surface area contributed by atoms with E-state index in [1.54, 1.807) is 0 Å². The van der Waals surface area contributed by atoms with E-state index >= 15 is 0 Å². The Morgan fingerprint density at radius 1 is 1.26 bits per heavy atom. The number of primary amides is 1. The van der Waals surface area contributed by atoms with Gasteiger partial charge in [-0.3, -0.25) is 4.79 Å². The van der Waals surface area contributed by atoms with Gasteiger partial charge in [0.2, 0.25) is 5.91 Å². The summed E-state index contributed by atoms with van der Waals surface area (Å²) in [5, 5.41) is 19.1. The van der Waals surface area contributed by atoms with E-state index in [9.17, 15) is 28.2 Å². The van der Waals surface area contributed by atoms with Crippen LogP contribution < -0.4 is 10.5 Å². The molecule has 2 atom stereocenters. The Balaban J connectivity index is 2.73. The van der Waals surface area contributed by atoms with E-state index in [1.807, 2.05) is 0 Å². The van der Waals surface area contributed by atoms with Gasteiger partial charge in [0.1, 0.15) is 11.9 Å². The summed E-state index contributed by atoms with van der Waals surface area (Å²) < 4.78 is 39.4. The molecule has 4 N–H and O–H groups in total. The van der Waals surface area contributed by atoms with Gasteiger partial charge in [-0.05, 0) is 17.7 Å². The molecular formula is C11H12F3NO4. The third kappa shape index (κ3) is 5.14. The van der Waals surface area contributed by atoms with Gasteiger partial charge < -0.3 is 20.7 Å². The summed E-state index contributed by atoms with van der Waals surface area (Å²) in [6.45, 7) is 0. The van der Waals surface area contributed by atoms with Crippen LogP contribution in [0.4, 0.5) is 13.2 Å². The van der Waals surface area contributed by atoms with Crippen molar-refractivity contribution < 1.29 is 32.9 Å². The quantitative estimate of drug-likeness (QED) is 0.745. The lowest BCUT2D eigenvalue weighted by atomic mass is 10.0. The molecular weight excluding hydrogens is 267 g/mol. The average molecular weight is 279 g/mol. The molecule has 2 unspecified atom stereocenters. The van der Waals surface area contributed by atoms with Crippen molar-refractivity contribution in [3.05, 3.63) is 29.8 Å². The Labute approximate surface area is 106 Å². The topological polar surface area (TPSA) is 92.8 Å². The number of aliphatic hydroxyl groups excluding tert-OH is 2. The second-order valence-electron chi connectivity index (χ2n) is 3.80. The molecule has 1 aromatic carbocycles. The summed E-state index contributed by atoms with van der Waals surface area (Å²) in [5.41, 5.74) is 4.99. The number of nitrogens with two attached hydrogens (primary N) is 1. The summed E-state index contributed by atoms with van der Waals surface area (Å²) in [5.74, 6) is -1.25. The normalized spacial score (nSPS) is 14.8. The Hall–Kier alpha value is -1.80. The monoisotopic (exact) mass is 279 g/mol. The van der Waals surface area contributed by atoms with Crippen molar-refractivity contribution in [1.82, 2.24) is 0 Å². The molecule has 106 valence electrons. The molecule has 0 aliphatic rings. The van der Waals surface area contributed by atoms with E-state index in [-0.39, 0.29) is 5.56 Å². The van der Waals surface area contributed by atoms with Crippen molar-refractivity contribution in [3.63, 3.8) is 0 Å². The number of aliphatic hydroxyl groups is 2. The number of rotatable bonds is 5. The van der Waals surface area contributed by atoms with Crippen LogP contribution in [-0.4, -0.2) is 28.6 Å². The highest BCUT2D eigenvalue weighted by atomic mass is 19.4. The van der Waals surface area contributed by atoms with Crippen molar-refractivity contribution in [1.29, 1.82) is 0 Å². The number of hydrogen-bond donors (Lipinski definition) is 3. The molecule has 0 spiro atoms. The Kier molecular flexibility index (Phi) is 4.73. The molecule has 0 aromatic heterocycles. The van der Waals surface area contributed by atoms with E-state index in [1.165, 1.54) is 0 Å². The van der Waals surface area contributed by atoms with Crippen LogP contribution in [0.15, 0.2) is 24.3 Å². The highest BCUT2D eigenvalue weighted by Gasteiger charge is 2.31. The standard InChI is InChI=1S/C11H12F3NO4/c12-11(13,14)19-7-3-1-6(2-4-7)10(18)8(16)5-9(15)17/h1-4,8,10,16,18H,5H2,(H2,15,17). The predicted molar refractivity (Wildman–Crippen MR) is 57.9 cm³/mol. The van der Waals surface area contributed by atoms with Crippen LogP contribution in [0.3, 0.4) is 0 Å². The smallest absolute Gasteiger partial charge is 0.406 e. The predicted octanol–water partition coefficient (Wildman–Crippen LogP) is 0.855. The number of halogens is 3. The van der Waals surface area contributed by atoms with Crippen molar-refractivity contribution in [3.8, 4) is 5.75 Å². The van der Waals surface area contributed by atoms with Gasteiger partial charge >= 0.3 is 6.36 Å². The number of amides is 1. The number of carbonyl (C=O) groups is 1. The minimum absolute atomic E-state index is 0.142. The van der Waals surface area contributed by atoms with E-state index in [2.05, 4.69) is 4.74 Å². The molecule has 1 aromatic rings. The number of ether oxygens (including phenoxy) is 1. The molecule has 19 heavy (non-hydrogen) atoms. The van der Waals surface area contributed by atoms with Crippen molar-refractivity contribution >= 4 is 5.91 Å². The minimum atomic E-state index is -4.80. The summed E-state index contributed by atoms with van der Waals surface area (Å²) in [7, 11) is 0. The summed E-state index contributed by atoms with van der Waals surface area (Å²) in [6.07, 6.45) is -8.10. The highest BCUT2D eigenvalue weighted by molar-refractivity contribution is 5.74. The zero-order valence-corrected chi connectivity index (χ0v) is 9.59. The number of carbonyl (C=O) groups excluding carboxylic acids is 1. The first-order chi connectivity index (χ1) is 8.69. The Bertz CT molecular complexity index is 433. The minimum Gasteiger partial charge on any atom is -0.406 e. The molecule has 8 heteroatoms. The molecule has 0 radical (unpaired) electrons. The van der Waals surface area contributed by atoms with Crippen molar-refractivity contribution in [2.75, 3.05) is 0 Å². The summed E-state index contributed by atoms with van der Waals surface area (Å²) in [4.78, 5) is 10.6. The molecule has 0 aliphatic carbocycles. The fraction of sp³-hybridized carbons (Fsp3) is 0.364. The van der Waals surface area contributed by atoms with E-state index < -0.39 is 36.6 Å². The Morgan fingerprint density at radius 2 is 1.79 bits per heavy atom. The first-order valence-electron chi connectivity index (χ1n) is 5.19. The third-order valence-corrected chi connectivity index (χ3v) is 2.23. The van der Waals surface area contributed by atoms with Crippen LogP contribution in [0.1, 0.15) is 18.1 Å². The third-order valence-electron chi connectivity index (χ3n) is 2.23. The van der Waals surface area contributed by atoms with Gasteiger partial charge in [0.05, 0.1) is 12.5 Å². The van der Waals surface area contributed by atoms with Gasteiger partial charge in [0.15, 0.2) is 0 Å². The molecule has 0 aliphatic heterocycles. The van der Waals surface area contributed by atoms with Crippen LogP contribution in [0, 0.1) is 0 Å². The second-order valence-corrected chi connectivity index (χ2v) is 3.80.